The van der Waals surface area contributed by atoms with Crippen LogP contribution in [0.25, 0.3) is 0 Å². The standard InChI is InChI=1S/C14H14Cl2N2/c1-18(2)12-6-3-10(4-7-12)17-11-5-8-13(15)14(16)9-11/h3-9,17H,1-2H3. The molecule has 0 heterocycles. The van der Waals surface area contributed by atoms with Crippen LogP contribution in [0.4, 0.5) is 17.1 Å². The number of halogens is 2. The van der Waals surface area contributed by atoms with E-state index in [9.17, 15) is 0 Å². The second-order valence-electron chi connectivity index (χ2n) is 4.20. The lowest BCUT2D eigenvalue weighted by Gasteiger charge is -2.13. The molecular weight excluding hydrogens is 267 g/mol. The summed E-state index contributed by atoms with van der Waals surface area (Å²) >= 11 is 11.8. The molecule has 0 fully saturated rings. The lowest BCUT2D eigenvalue weighted by Crippen LogP contribution is -2.08. The van der Waals surface area contributed by atoms with Crippen LogP contribution in [-0.4, -0.2) is 14.1 Å². The van der Waals surface area contributed by atoms with Crippen molar-refractivity contribution in [2.45, 2.75) is 0 Å². The molecule has 18 heavy (non-hydrogen) atoms. The lowest BCUT2D eigenvalue weighted by atomic mass is 10.2. The number of anilines is 3. The smallest absolute Gasteiger partial charge is 0.0612 e. The zero-order valence-electron chi connectivity index (χ0n) is 10.2. The maximum atomic E-state index is 5.97. The maximum Gasteiger partial charge on any atom is 0.0612 e. The van der Waals surface area contributed by atoms with Gasteiger partial charge in [-0.2, -0.15) is 0 Å². The fourth-order valence-corrected chi connectivity index (χ4v) is 1.88. The molecule has 94 valence electrons. The monoisotopic (exact) mass is 280 g/mol. The van der Waals surface area contributed by atoms with Crippen LogP contribution in [0.15, 0.2) is 42.5 Å². The molecule has 4 heteroatoms. The topological polar surface area (TPSA) is 15.3 Å². The van der Waals surface area contributed by atoms with Gasteiger partial charge in [0.1, 0.15) is 0 Å². The van der Waals surface area contributed by atoms with Crippen LogP contribution in [-0.2, 0) is 0 Å². The highest BCUT2D eigenvalue weighted by Gasteiger charge is 2.00. The summed E-state index contributed by atoms with van der Waals surface area (Å²) < 4.78 is 0. The van der Waals surface area contributed by atoms with Crippen molar-refractivity contribution in [2.75, 3.05) is 24.3 Å². The molecule has 0 saturated heterocycles. The van der Waals surface area contributed by atoms with Gasteiger partial charge >= 0.3 is 0 Å². The van der Waals surface area contributed by atoms with Crippen LogP contribution in [0.2, 0.25) is 10.0 Å². The number of hydrogen-bond acceptors (Lipinski definition) is 2. The van der Waals surface area contributed by atoms with Gasteiger partial charge in [-0.25, -0.2) is 0 Å². The average Bonchev–Trinajstić information content (AvgIpc) is 2.34. The van der Waals surface area contributed by atoms with Crippen molar-refractivity contribution in [2.24, 2.45) is 0 Å². The molecule has 2 aromatic carbocycles. The molecule has 0 bridgehead atoms. The molecule has 0 aromatic heterocycles. The first-order valence-electron chi connectivity index (χ1n) is 5.56. The van der Waals surface area contributed by atoms with Crippen molar-refractivity contribution in [1.82, 2.24) is 0 Å². The Kier molecular flexibility index (Phi) is 4.00. The van der Waals surface area contributed by atoms with Gasteiger partial charge in [-0.1, -0.05) is 23.2 Å². The Morgan fingerprint density at radius 3 is 2.00 bits per heavy atom. The van der Waals surface area contributed by atoms with Gasteiger partial charge in [-0.3, -0.25) is 0 Å². The predicted octanol–water partition coefficient (Wildman–Crippen LogP) is 4.80. The van der Waals surface area contributed by atoms with Crippen LogP contribution in [0, 0.1) is 0 Å². The Bertz CT molecular complexity index is 536. The minimum absolute atomic E-state index is 0.548. The molecule has 0 radical (unpaired) electrons. The minimum atomic E-state index is 0.548. The fraction of sp³-hybridized carbons (Fsp3) is 0.143. The third-order valence-electron chi connectivity index (χ3n) is 2.59. The molecule has 1 N–H and O–H groups in total. The molecule has 0 aliphatic carbocycles. The van der Waals surface area contributed by atoms with E-state index in [0.717, 1.165) is 17.1 Å². The number of hydrogen-bond donors (Lipinski definition) is 1. The van der Waals surface area contributed by atoms with E-state index in [1.807, 2.05) is 38.4 Å². The van der Waals surface area contributed by atoms with Gasteiger partial charge in [0.25, 0.3) is 0 Å². The molecule has 0 amide bonds. The van der Waals surface area contributed by atoms with Crippen molar-refractivity contribution in [1.29, 1.82) is 0 Å². The zero-order chi connectivity index (χ0) is 13.1. The highest BCUT2D eigenvalue weighted by molar-refractivity contribution is 6.42. The molecule has 2 rings (SSSR count). The Morgan fingerprint density at radius 2 is 1.44 bits per heavy atom. The van der Waals surface area contributed by atoms with Gasteiger partial charge in [-0.05, 0) is 42.5 Å². The van der Waals surface area contributed by atoms with Crippen molar-refractivity contribution in [3.05, 3.63) is 52.5 Å². The summed E-state index contributed by atoms with van der Waals surface area (Å²) in [5, 5.41) is 4.38. The van der Waals surface area contributed by atoms with E-state index < -0.39 is 0 Å². The van der Waals surface area contributed by atoms with Crippen molar-refractivity contribution in [3.8, 4) is 0 Å². The summed E-state index contributed by atoms with van der Waals surface area (Å²) in [5.74, 6) is 0. The van der Waals surface area contributed by atoms with E-state index >= 15 is 0 Å². The second-order valence-corrected chi connectivity index (χ2v) is 5.01. The first-order valence-corrected chi connectivity index (χ1v) is 6.31. The number of benzene rings is 2. The number of rotatable bonds is 3. The molecule has 2 aromatic rings. The SMILES string of the molecule is CN(C)c1ccc(Nc2ccc(Cl)c(Cl)c2)cc1. The van der Waals surface area contributed by atoms with Crippen LogP contribution < -0.4 is 10.2 Å². The van der Waals surface area contributed by atoms with Crippen LogP contribution in [0.3, 0.4) is 0 Å². The number of nitrogens with one attached hydrogen (secondary N) is 1. The third kappa shape index (κ3) is 3.09. The Balaban J connectivity index is 2.15. The number of nitrogens with zero attached hydrogens (tertiary/aromatic N) is 1. The summed E-state index contributed by atoms with van der Waals surface area (Å²) in [6.45, 7) is 0. The molecule has 0 aliphatic heterocycles. The van der Waals surface area contributed by atoms with Gasteiger partial charge < -0.3 is 10.2 Å². The first-order chi connectivity index (χ1) is 8.56. The molecule has 0 saturated carbocycles. The predicted molar refractivity (Wildman–Crippen MR) is 80.5 cm³/mol. The Hall–Kier alpha value is -1.38. The second kappa shape index (κ2) is 5.51. The highest BCUT2D eigenvalue weighted by Crippen LogP contribution is 2.27. The average molecular weight is 281 g/mol. The molecule has 0 spiro atoms. The van der Waals surface area contributed by atoms with E-state index in [-0.39, 0.29) is 0 Å². The molecule has 2 nitrogen and oxygen atoms in total. The van der Waals surface area contributed by atoms with Crippen LogP contribution >= 0.6 is 23.2 Å². The minimum Gasteiger partial charge on any atom is -0.378 e. The Morgan fingerprint density at radius 1 is 0.833 bits per heavy atom. The lowest BCUT2D eigenvalue weighted by molar-refractivity contribution is 1.13. The summed E-state index contributed by atoms with van der Waals surface area (Å²) in [4.78, 5) is 2.06. The van der Waals surface area contributed by atoms with E-state index in [2.05, 4.69) is 22.3 Å². The quantitative estimate of drug-likeness (QED) is 0.869. The van der Waals surface area contributed by atoms with Crippen molar-refractivity contribution >= 4 is 40.3 Å². The van der Waals surface area contributed by atoms with E-state index in [1.165, 1.54) is 0 Å². The van der Waals surface area contributed by atoms with Gasteiger partial charge in [-0.15, -0.1) is 0 Å². The summed E-state index contributed by atoms with van der Waals surface area (Å²) in [6.07, 6.45) is 0. The van der Waals surface area contributed by atoms with Crippen molar-refractivity contribution < 1.29 is 0 Å². The maximum absolute atomic E-state index is 5.97. The molecule has 0 atom stereocenters. The summed E-state index contributed by atoms with van der Waals surface area (Å²) in [7, 11) is 4.03. The van der Waals surface area contributed by atoms with Gasteiger partial charge in [0, 0.05) is 31.2 Å². The van der Waals surface area contributed by atoms with E-state index in [0.29, 0.717) is 10.0 Å². The molecule has 0 aliphatic rings. The normalized spacial score (nSPS) is 10.2. The van der Waals surface area contributed by atoms with E-state index in [4.69, 9.17) is 23.2 Å². The Labute approximate surface area is 117 Å². The zero-order valence-corrected chi connectivity index (χ0v) is 11.8. The largest absolute Gasteiger partial charge is 0.378 e. The summed E-state index contributed by atoms with van der Waals surface area (Å²) in [5.41, 5.74) is 3.09. The highest BCUT2D eigenvalue weighted by atomic mass is 35.5. The van der Waals surface area contributed by atoms with Crippen LogP contribution in [0.5, 0.6) is 0 Å². The van der Waals surface area contributed by atoms with Gasteiger partial charge in [0.15, 0.2) is 0 Å². The third-order valence-corrected chi connectivity index (χ3v) is 3.33. The van der Waals surface area contributed by atoms with Gasteiger partial charge in [0.05, 0.1) is 10.0 Å². The van der Waals surface area contributed by atoms with E-state index in [1.54, 1.807) is 6.07 Å². The molecular formula is C14H14Cl2N2. The molecule has 0 unspecified atom stereocenters. The van der Waals surface area contributed by atoms with Gasteiger partial charge in [0.2, 0.25) is 0 Å². The fourth-order valence-electron chi connectivity index (χ4n) is 1.58. The summed E-state index contributed by atoms with van der Waals surface area (Å²) in [6, 6.07) is 13.6. The first kappa shape index (κ1) is 13.1. The van der Waals surface area contributed by atoms with Crippen LogP contribution in [0.1, 0.15) is 0 Å². The van der Waals surface area contributed by atoms with Crippen molar-refractivity contribution in [3.63, 3.8) is 0 Å².